The van der Waals surface area contributed by atoms with Gasteiger partial charge in [-0.3, -0.25) is 52.7 Å². The Balaban J connectivity index is 2.03. The molecule has 2 aliphatic rings. The monoisotopic (exact) mass is 987 g/mol. The number of likely N-dealkylation sites (tertiary alicyclic amines) is 1. The number of rotatable bonds is 16. The Morgan fingerprint density at radius 3 is 2.06 bits per heavy atom. The van der Waals surface area contributed by atoms with Gasteiger partial charge in [0.2, 0.25) is 65.0 Å². The van der Waals surface area contributed by atoms with Gasteiger partial charge < -0.3 is 64.1 Å². The van der Waals surface area contributed by atoms with Crippen molar-refractivity contribution in [2.24, 2.45) is 28.5 Å². The molecule has 2 heterocycles. The molecule has 1 aromatic rings. The van der Waals surface area contributed by atoms with Gasteiger partial charge in [-0.25, -0.2) is 0 Å². The number of thioether (sulfide) groups is 1. The summed E-state index contributed by atoms with van der Waals surface area (Å²) in [6, 6.07) is -2.52. The van der Waals surface area contributed by atoms with Crippen LogP contribution in [0.3, 0.4) is 0 Å². The van der Waals surface area contributed by atoms with E-state index in [2.05, 4.69) is 37.2 Å². The highest BCUT2D eigenvalue weighted by atomic mass is 32.2. The lowest BCUT2D eigenvalue weighted by atomic mass is 9.85. The molecule has 11 amide bonds. The van der Waals surface area contributed by atoms with E-state index in [9.17, 15) is 52.7 Å². The third-order valence-corrected chi connectivity index (χ3v) is 12.8. The molecule has 3 rings (SSSR count). The maximum Gasteiger partial charge on any atom is 0.246 e. The summed E-state index contributed by atoms with van der Waals surface area (Å²) >= 11 is 1.18. The number of ether oxygens (including phenoxy) is 1. The first-order chi connectivity index (χ1) is 32.4. The molecule has 0 spiro atoms. The normalized spacial score (nSPS) is 23.3. The second kappa shape index (κ2) is 26.9. The number of methoxy groups -OCH3 is 1. The Morgan fingerprint density at radius 1 is 0.826 bits per heavy atom. The fraction of sp³-hybridized carbons (Fsp3) is 0.622. The third-order valence-electron chi connectivity index (χ3n) is 11.7. The molecule has 1 unspecified atom stereocenters. The smallest absolute Gasteiger partial charge is 0.246 e. The van der Waals surface area contributed by atoms with Gasteiger partial charge in [0.05, 0.1) is 20.1 Å². The zero-order chi connectivity index (χ0) is 51.6. The third kappa shape index (κ3) is 18.2. The highest BCUT2D eigenvalue weighted by Gasteiger charge is 2.42. The minimum absolute atomic E-state index is 0.0222. The summed E-state index contributed by atoms with van der Waals surface area (Å²) in [6.07, 6.45) is -0.405. The second-order valence-electron chi connectivity index (χ2n) is 18.3. The topological polar surface area (TPSA) is 363 Å². The molecule has 2 aliphatic heterocycles. The molecule has 0 aromatic heterocycles. The minimum Gasteiger partial charge on any atom is -0.497 e. The summed E-state index contributed by atoms with van der Waals surface area (Å²) < 4.78 is 5.25. The van der Waals surface area contributed by atoms with Gasteiger partial charge in [0, 0.05) is 31.6 Å². The molecule has 0 aliphatic carbocycles. The van der Waals surface area contributed by atoms with E-state index in [1.807, 2.05) is 0 Å². The number of nitrogens with one attached hydrogen (secondary N) is 7. The number of nitrogens with two attached hydrogens (primary N) is 3. The van der Waals surface area contributed by atoms with Crippen molar-refractivity contribution in [2.75, 3.05) is 31.7 Å². The predicted octanol–water partition coefficient (Wildman–Crippen LogP) is -2.50. The fourth-order valence-corrected chi connectivity index (χ4v) is 8.58. The van der Waals surface area contributed by atoms with Gasteiger partial charge in [0.1, 0.15) is 48.0 Å². The van der Waals surface area contributed by atoms with Crippen LogP contribution < -0.4 is 59.2 Å². The van der Waals surface area contributed by atoms with Crippen molar-refractivity contribution in [3.63, 3.8) is 0 Å². The van der Waals surface area contributed by atoms with Crippen LogP contribution >= 0.6 is 11.8 Å². The minimum atomic E-state index is -1.72. The van der Waals surface area contributed by atoms with Gasteiger partial charge in [-0.05, 0) is 60.5 Å². The predicted molar refractivity (Wildman–Crippen MR) is 253 cm³/mol. The van der Waals surface area contributed by atoms with Crippen molar-refractivity contribution in [3.05, 3.63) is 29.8 Å². The fourth-order valence-electron chi connectivity index (χ4n) is 7.60. The summed E-state index contributed by atoms with van der Waals surface area (Å²) in [7, 11) is 1.50. The van der Waals surface area contributed by atoms with Crippen LogP contribution in [0.15, 0.2) is 24.3 Å². The Morgan fingerprint density at radius 2 is 1.46 bits per heavy atom. The second-order valence-corrected chi connectivity index (χ2v) is 19.4. The largest absolute Gasteiger partial charge is 0.497 e. The molecule has 8 atom stereocenters. The summed E-state index contributed by atoms with van der Waals surface area (Å²) in [5.74, 6) is -8.62. The molecule has 1 aromatic carbocycles. The summed E-state index contributed by atoms with van der Waals surface area (Å²) in [6.45, 7) is 8.14. The molecule has 13 N–H and O–H groups in total. The van der Waals surface area contributed by atoms with Gasteiger partial charge in [-0.1, -0.05) is 53.2 Å². The molecule has 0 saturated carbocycles. The number of primary amides is 3. The van der Waals surface area contributed by atoms with Crippen molar-refractivity contribution in [2.45, 2.75) is 135 Å². The van der Waals surface area contributed by atoms with Crippen LogP contribution in [0.4, 0.5) is 0 Å². The van der Waals surface area contributed by atoms with E-state index in [1.54, 1.807) is 58.9 Å². The summed E-state index contributed by atoms with van der Waals surface area (Å²) in [5, 5.41) is 18.2. The van der Waals surface area contributed by atoms with E-state index in [4.69, 9.17) is 21.9 Å². The van der Waals surface area contributed by atoms with Crippen LogP contribution in [0.1, 0.15) is 91.5 Å². The van der Waals surface area contributed by atoms with Crippen LogP contribution in [-0.4, -0.2) is 144 Å². The lowest BCUT2D eigenvalue weighted by Crippen LogP contribution is -2.61. The number of nitrogens with zero attached hydrogens (tertiary/aromatic N) is 1. The lowest BCUT2D eigenvalue weighted by Gasteiger charge is -2.34. The molecular formula is C45H69N11O12S. The molecule has 0 radical (unpaired) electrons. The number of hydrogen-bond acceptors (Lipinski definition) is 13. The Hall–Kier alpha value is -6.46. The van der Waals surface area contributed by atoms with Gasteiger partial charge in [-0.2, -0.15) is 11.8 Å². The average molecular weight is 988 g/mol. The number of carbonyl (C=O) groups excluding carboxylic acids is 11. The molecule has 382 valence electrons. The van der Waals surface area contributed by atoms with Crippen LogP contribution in [0, 0.1) is 11.3 Å². The Kier molecular flexibility index (Phi) is 22.2. The highest BCUT2D eigenvalue weighted by molar-refractivity contribution is 7.99. The van der Waals surface area contributed by atoms with Crippen molar-refractivity contribution in [3.8, 4) is 5.75 Å². The zero-order valence-corrected chi connectivity index (χ0v) is 40.9. The number of amides is 11. The van der Waals surface area contributed by atoms with Crippen LogP contribution in [0.5, 0.6) is 5.75 Å². The van der Waals surface area contributed by atoms with Gasteiger partial charge in [-0.15, -0.1) is 0 Å². The number of carbonyl (C=O) groups is 11. The van der Waals surface area contributed by atoms with E-state index < -0.39 is 138 Å². The number of hydrogen-bond donors (Lipinski definition) is 10. The Labute approximate surface area is 405 Å². The molecule has 2 saturated heterocycles. The van der Waals surface area contributed by atoms with Crippen LogP contribution in [0.2, 0.25) is 0 Å². The van der Waals surface area contributed by atoms with Crippen molar-refractivity contribution >= 4 is 76.7 Å². The first kappa shape index (κ1) is 56.9. The SMILES string of the molecule is CC[C@H](C)[C@H]1NC(=O)[C@H](Cc2ccc(OC)cc2)NC(=O)CCCSC[C@@H](C(=O)N2CCC[C@H]2C(=O)N[C@H](C(=O)NCC(N)=O)C(C)(C)C)NC(=O)[C@H](CC(N)=O)NC(=O)C(CCC(N)=O)NC1=O. The maximum absolute atomic E-state index is 14.5. The van der Waals surface area contributed by atoms with E-state index in [-0.39, 0.29) is 50.2 Å². The first-order valence-electron chi connectivity index (χ1n) is 22.9. The van der Waals surface area contributed by atoms with E-state index >= 15 is 0 Å². The maximum atomic E-state index is 14.5. The molecular weight excluding hydrogens is 919 g/mol. The van der Waals surface area contributed by atoms with Gasteiger partial charge in [0.25, 0.3) is 0 Å². The molecule has 69 heavy (non-hydrogen) atoms. The molecule has 0 bridgehead atoms. The first-order valence-corrected chi connectivity index (χ1v) is 24.1. The molecule has 24 heteroatoms. The van der Waals surface area contributed by atoms with Crippen molar-refractivity contribution in [1.82, 2.24) is 42.1 Å². The highest BCUT2D eigenvalue weighted by Crippen LogP contribution is 2.24. The quantitative estimate of drug-likeness (QED) is 0.0820. The zero-order valence-electron chi connectivity index (χ0n) is 40.1. The average Bonchev–Trinajstić information content (AvgIpc) is 3.78. The van der Waals surface area contributed by atoms with Gasteiger partial charge in [0.15, 0.2) is 0 Å². The van der Waals surface area contributed by atoms with Crippen LogP contribution in [0.25, 0.3) is 0 Å². The number of benzene rings is 1. The van der Waals surface area contributed by atoms with E-state index in [0.717, 1.165) is 0 Å². The summed E-state index contributed by atoms with van der Waals surface area (Å²) in [5.41, 5.74) is 16.0. The van der Waals surface area contributed by atoms with Crippen LogP contribution in [-0.2, 0) is 59.2 Å². The van der Waals surface area contributed by atoms with Crippen molar-refractivity contribution in [1.29, 1.82) is 0 Å². The lowest BCUT2D eigenvalue weighted by molar-refractivity contribution is -0.142. The molecule has 2 fully saturated rings. The standard InChI is InChI=1S/C45H69N11O12S/c1-7-24(2)36-42(65)51-27(16-17-32(46)57)38(61)52-29(21-33(47)58)39(62)53-30(23-69-19-9-11-35(60)50-28(40(63)54-36)20-25-12-14-26(68-6)15-13-25)44(67)56-18-8-10-31(56)41(64)55-37(45(3,4)5)43(66)49-22-34(48)59/h12-15,24,27-31,36-37H,7-11,16-23H2,1-6H3,(H2,46,57)(H2,47,58)(H2,48,59)(H,49,66)(H,50,60)(H,51,65)(H,52,61)(H,53,62)(H,54,63)(H,55,64)/t24-,27?,28-,29-,30-,31-,36+,37+/m0/s1. The van der Waals surface area contributed by atoms with Gasteiger partial charge >= 0.3 is 0 Å². The van der Waals surface area contributed by atoms with Crippen molar-refractivity contribution < 1.29 is 57.5 Å². The van der Waals surface area contributed by atoms with E-state index in [1.165, 1.54) is 23.8 Å². The van der Waals surface area contributed by atoms with E-state index in [0.29, 0.717) is 24.2 Å². The molecule has 23 nitrogen and oxygen atoms in total. The summed E-state index contributed by atoms with van der Waals surface area (Å²) in [4.78, 5) is 148. The Bertz CT molecular complexity index is 2050.